The lowest BCUT2D eigenvalue weighted by molar-refractivity contribution is -0.870. The third kappa shape index (κ3) is 27.5. The highest BCUT2D eigenvalue weighted by atomic mass is 31.2. The quantitative estimate of drug-likeness (QED) is 0.0644. The van der Waals surface area contributed by atoms with E-state index in [2.05, 4.69) is 24.4 Å². The number of carbonyl (C=O) groups is 1. The molecule has 1 unspecified atom stereocenters. The lowest BCUT2D eigenvalue weighted by Gasteiger charge is -2.24. The van der Waals surface area contributed by atoms with Gasteiger partial charge in [0.15, 0.2) is 0 Å². The van der Waals surface area contributed by atoms with Gasteiger partial charge in [-0.05, 0) is 32.1 Å². The second-order valence-corrected chi connectivity index (χ2v) is 11.6. The predicted molar refractivity (Wildman–Crippen MR) is 143 cm³/mol. The predicted octanol–water partition coefficient (Wildman–Crippen LogP) is 6.59. The van der Waals surface area contributed by atoms with Crippen LogP contribution in [0.1, 0.15) is 96.8 Å². The fraction of sp³-hybridized carbons (Fsp3) is 0.885. The van der Waals surface area contributed by atoms with Gasteiger partial charge in [0, 0.05) is 13.0 Å². The van der Waals surface area contributed by atoms with Crippen molar-refractivity contribution in [3.63, 3.8) is 0 Å². The van der Waals surface area contributed by atoms with Crippen LogP contribution in [0.2, 0.25) is 0 Å². The minimum atomic E-state index is -4.06. The van der Waals surface area contributed by atoms with E-state index in [9.17, 15) is 14.3 Å². The number of likely N-dealkylation sites (N-methyl/N-ethyl adjacent to an activating group) is 1. The molecule has 0 radical (unpaired) electrons. The van der Waals surface area contributed by atoms with Crippen LogP contribution in [0.15, 0.2) is 12.2 Å². The summed E-state index contributed by atoms with van der Waals surface area (Å²) in [6, 6.07) is 0. The van der Waals surface area contributed by atoms with Gasteiger partial charge in [-0.2, -0.15) is 0 Å². The third-order valence-corrected chi connectivity index (χ3v) is 6.52. The number of allylic oxidation sites excluding steroid dienone is 2. The molecule has 0 spiro atoms. The van der Waals surface area contributed by atoms with Crippen LogP contribution >= 0.6 is 7.82 Å². The van der Waals surface area contributed by atoms with Crippen LogP contribution in [-0.2, 0) is 18.3 Å². The van der Waals surface area contributed by atoms with E-state index in [1.165, 1.54) is 64.2 Å². The average molecular weight is 522 g/mol. The molecule has 0 aliphatic rings. The second-order valence-electron chi connectivity index (χ2n) is 10.1. The summed E-state index contributed by atoms with van der Waals surface area (Å²) < 4.78 is 27.2. The standard InChI is InChI=1S/C26H53N2O6P/c1-5-6-7-8-9-10-11-12-13-14-15-16-17-18-19-21-27-26(29)32-23-20-24-33-35(30,31)34-25-22-28(2,3)4/h12-13H,5-11,14-25H2,1-4H3,(H-,27,29,30,31)/p+1. The van der Waals surface area contributed by atoms with Crippen LogP contribution in [0, 0.1) is 0 Å². The molecule has 35 heavy (non-hydrogen) atoms. The van der Waals surface area contributed by atoms with E-state index in [4.69, 9.17) is 13.8 Å². The van der Waals surface area contributed by atoms with Gasteiger partial charge in [0.2, 0.25) is 0 Å². The zero-order valence-electron chi connectivity index (χ0n) is 23.0. The van der Waals surface area contributed by atoms with Crippen molar-refractivity contribution in [2.45, 2.75) is 96.8 Å². The molecule has 0 aromatic carbocycles. The maximum absolute atomic E-state index is 11.8. The highest BCUT2D eigenvalue weighted by Crippen LogP contribution is 2.43. The Bertz CT molecular complexity index is 581. The molecular formula is C26H54N2O6P+. The van der Waals surface area contributed by atoms with Gasteiger partial charge in [0.05, 0.1) is 34.4 Å². The maximum Gasteiger partial charge on any atom is 0.472 e. The Morgan fingerprint density at radius 2 is 1.34 bits per heavy atom. The topological polar surface area (TPSA) is 94.1 Å². The molecule has 0 rings (SSSR count). The van der Waals surface area contributed by atoms with E-state index >= 15 is 0 Å². The van der Waals surface area contributed by atoms with Crippen LogP contribution in [0.3, 0.4) is 0 Å². The minimum absolute atomic E-state index is 0.0142. The molecule has 0 aromatic rings. The van der Waals surface area contributed by atoms with E-state index in [0.29, 0.717) is 24.0 Å². The molecule has 8 nitrogen and oxygen atoms in total. The van der Waals surface area contributed by atoms with Crippen LogP contribution in [0.25, 0.3) is 0 Å². The van der Waals surface area contributed by atoms with Crippen LogP contribution in [-0.4, -0.2) is 69.5 Å². The highest BCUT2D eigenvalue weighted by Gasteiger charge is 2.22. The van der Waals surface area contributed by atoms with Crippen LogP contribution in [0.5, 0.6) is 0 Å². The summed E-state index contributed by atoms with van der Waals surface area (Å²) >= 11 is 0. The summed E-state index contributed by atoms with van der Waals surface area (Å²) in [4.78, 5) is 21.3. The molecule has 2 N–H and O–H groups in total. The number of nitrogens with zero attached hydrogens (tertiary/aromatic N) is 1. The number of hydrogen-bond donors (Lipinski definition) is 2. The van der Waals surface area contributed by atoms with Crippen molar-refractivity contribution in [3.05, 3.63) is 12.2 Å². The fourth-order valence-corrected chi connectivity index (χ4v) is 4.05. The first kappa shape index (κ1) is 34.1. The molecule has 0 aliphatic carbocycles. The molecule has 0 heterocycles. The van der Waals surface area contributed by atoms with Gasteiger partial charge in [-0.1, -0.05) is 70.4 Å². The van der Waals surface area contributed by atoms with Crippen molar-refractivity contribution in [3.8, 4) is 0 Å². The molecule has 1 atom stereocenters. The molecule has 208 valence electrons. The van der Waals surface area contributed by atoms with Gasteiger partial charge in [0.1, 0.15) is 13.2 Å². The number of hydrogen-bond acceptors (Lipinski definition) is 5. The van der Waals surface area contributed by atoms with Crippen molar-refractivity contribution >= 4 is 13.9 Å². The molecule has 0 aromatic heterocycles. The summed E-state index contributed by atoms with van der Waals surface area (Å²) in [7, 11) is 1.84. The van der Waals surface area contributed by atoms with Crippen LogP contribution in [0.4, 0.5) is 4.79 Å². The average Bonchev–Trinajstić information content (AvgIpc) is 2.77. The number of alkyl carbamates (subject to hydrolysis) is 1. The van der Waals surface area contributed by atoms with Crippen molar-refractivity contribution in [2.75, 3.05) is 54.1 Å². The molecule has 0 saturated carbocycles. The van der Waals surface area contributed by atoms with E-state index in [1.807, 2.05) is 21.1 Å². The Labute approximate surface area is 215 Å². The number of ether oxygens (including phenoxy) is 1. The van der Waals surface area contributed by atoms with Gasteiger partial charge in [0.25, 0.3) is 0 Å². The van der Waals surface area contributed by atoms with E-state index < -0.39 is 13.9 Å². The summed E-state index contributed by atoms with van der Waals surface area (Å²) in [5.74, 6) is 0. The number of nitrogens with one attached hydrogen (secondary N) is 1. The summed E-state index contributed by atoms with van der Waals surface area (Å²) in [5.41, 5.74) is 0. The van der Waals surface area contributed by atoms with Crippen LogP contribution < -0.4 is 5.32 Å². The lowest BCUT2D eigenvalue weighted by Crippen LogP contribution is -2.37. The molecule has 0 saturated heterocycles. The Morgan fingerprint density at radius 1 is 0.800 bits per heavy atom. The number of rotatable bonds is 24. The SMILES string of the molecule is CCCCCCCCC=CCCCCCCCNC(=O)OCCCOP(=O)(O)OCC[N+](C)(C)C. The fourth-order valence-electron chi connectivity index (χ4n) is 3.31. The number of quaternary nitrogens is 1. The van der Waals surface area contributed by atoms with Gasteiger partial charge in [-0.25, -0.2) is 9.36 Å². The summed E-state index contributed by atoms with van der Waals surface area (Å²) in [6.45, 7) is 3.68. The van der Waals surface area contributed by atoms with Gasteiger partial charge in [-0.15, -0.1) is 0 Å². The van der Waals surface area contributed by atoms with Crippen molar-refractivity contribution in [1.82, 2.24) is 5.32 Å². The molecule has 0 aliphatic heterocycles. The Kier molecular flexibility index (Phi) is 21.7. The Hall–Kier alpha value is -0.920. The number of unbranched alkanes of at least 4 members (excludes halogenated alkanes) is 11. The zero-order valence-corrected chi connectivity index (χ0v) is 23.9. The molecule has 0 fully saturated rings. The Balaban J connectivity index is 3.43. The molecule has 9 heteroatoms. The summed E-state index contributed by atoms with van der Waals surface area (Å²) in [5, 5.41) is 2.73. The highest BCUT2D eigenvalue weighted by molar-refractivity contribution is 7.47. The van der Waals surface area contributed by atoms with Crippen molar-refractivity contribution in [1.29, 1.82) is 0 Å². The van der Waals surface area contributed by atoms with E-state index in [1.54, 1.807) is 0 Å². The first-order valence-corrected chi connectivity index (χ1v) is 15.1. The third-order valence-electron chi connectivity index (χ3n) is 5.50. The molecule has 1 amide bonds. The van der Waals surface area contributed by atoms with Crippen molar-refractivity contribution < 1.29 is 32.5 Å². The van der Waals surface area contributed by atoms with E-state index in [0.717, 1.165) is 19.3 Å². The molecule has 0 bridgehead atoms. The zero-order chi connectivity index (χ0) is 26.3. The maximum atomic E-state index is 11.8. The smallest absolute Gasteiger partial charge is 0.449 e. The normalized spacial score (nSPS) is 13.7. The first-order valence-electron chi connectivity index (χ1n) is 13.6. The number of amides is 1. The van der Waals surface area contributed by atoms with Gasteiger partial charge >= 0.3 is 13.9 Å². The first-order chi connectivity index (χ1) is 16.7. The van der Waals surface area contributed by atoms with Gasteiger partial charge < -0.3 is 19.4 Å². The molecular weight excluding hydrogens is 467 g/mol. The second kappa shape index (κ2) is 22.3. The number of phosphoric acid groups is 1. The number of carbonyl (C=O) groups excluding carboxylic acids is 1. The van der Waals surface area contributed by atoms with Gasteiger partial charge in [-0.3, -0.25) is 9.05 Å². The largest absolute Gasteiger partial charge is 0.472 e. The minimum Gasteiger partial charge on any atom is -0.449 e. The Morgan fingerprint density at radius 3 is 1.94 bits per heavy atom. The number of phosphoric ester groups is 1. The monoisotopic (exact) mass is 521 g/mol. The van der Waals surface area contributed by atoms with E-state index in [-0.39, 0.29) is 19.8 Å². The lowest BCUT2D eigenvalue weighted by atomic mass is 10.1. The summed E-state index contributed by atoms with van der Waals surface area (Å²) in [6.07, 6.45) is 20.7. The van der Waals surface area contributed by atoms with Crippen molar-refractivity contribution in [2.24, 2.45) is 0 Å².